The highest BCUT2D eigenvalue weighted by Crippen LogP contribution is 2.17. The molecule has 6 heteroatoms. The Hall–Kier alpha value is -2.89. The van der Waals surface area contributed by atoms with Gasteiger partial charge in [0.25, 0.3) is 5.91 Å². The van der Waals surface area contributed by atoms with E-state index in [1.54, 1.807) is 37.4 Å². The van der Waals surface area contributed by atoms with Gasteiger partial charge in [-0.05, 0) is 36.4 Å². The number of piperazine rings is 1. The first-order chi connectivity index (χ1) is 12.2. The molecule has 0 saturated carbocycles. The second-order valence-electron chi connectivity index (χ2n) is 5.82. The van der Waals surface area contributed by atoms with Crippen LogP contribution in [0.3, 0.4) is 0 Å². The topological polar surface area (TPSA) is 62.7 Å². The average Bonchev–Trinajstić information content (AvgIpc) is 2.69. The van der Waals surface area contributed by atoms with E-state index in [1.165, 1.54) is 0 Å². The van der Waals surface area contributed by atoms with Gasteiger partial charge in [0.15, 0.2) is 0 Å². The van der Waals surface area contributed by atoms with E-state index in [1.807, 2.05) is 23.1 Å². The average molecular weight is 339 g/mol. The Morgan fingerprint density at radius 1 is 1.04 bits per heavy atom. The molecule has 0 atom stereocenters. The van der Waals surface area contributed by atoms with Crippen LogP contribution in [0.15, 0.2) is 48.7 Å². The largest absolute Gasteiger partial charge is 0.427 e. The van der Waals surface area contributed by atoms with Crippen molar-refractivity contribution >= 4 is 17.7 Å². The third-order valence-corrected chi connectivity index (χ3v) is 4.16. The van der Waals surface area contributed by atoms with E-state index in [9.17, 15) is 9.59 Å². The van der Waals surface area contributed by atoms with E-state index in [2.05, 4.69) is 9.88 Å². The summed E-state index contributed by atoms with van der Waals surface area (Å²) < 4.78 is 5.13. The molecule has 0 radical (unpaired) electrons. The molecule has 0 unspecified atom stereocenters. The van der Waals surface area contributed by atoms with Crippen molar-refractivity contribution in [1.29, 1.82) is 0 Å². The second-order valence-corrected chi connectivity index (χ2v) is 5.82. The highest BCUT2D eigenvalue weighted by molar-refractivity contribution is 5.94. The lowest BCUT2D eigenvalue weighted by atomic mass is 10.1. The maximum atomic E-state index is 12.6. The molecule has 1 aliphatic rings. The first-order valence-corrected chi connectivity index (χ1v) is 8.43. The second kappa shape index (κ2) is 7.79. The van der Waals surface area contributed by atoms with Crippen LogP contribution in [0.2, 0.25) is 0 Å². The van der Waals surface area contributed by atoms with Crippen molar-refractivity contribution in [2.24, 2.45) is 0 Å². The van der Waals surface area contributed by atoms with Crippen molar-refractivity contribution in [3.05, 3.63) is 54.2 Å². The molecule has 2 aromatic rings. The summed E-state index contributed by atoms with van der Waals surface area (Å²) in [7, 11) is 0. The number of ether oxygens (including phenoxy) is 1. The number of anilines is 1. The summed E-state index contributed by atoms with van der Waals surface area (Å²) in [4.78, 5) is 32.3. The van der Waals surface area contributed by atoms with Crippen molar-refractivity contribution in [2.75, 3.05) is 31.1 Å². The minimum Gasteiger partial charge on any atom is -0.427 e. The molecule has 1 aromatic heterocycles. The molecule has 1 fully saturated rings. The lowest BCUT2D eigenvalue weighted by Crippen LogP contribution is -2.49. The molecule has 1 amide bonds. The number of aromatic nitrogens is 1. The summed E-state index contributed by atoms with van der Waals surface area (Å²) in [5.41, 5.74) is 0.600. The molecule has 25 heavy (non-hydrogen) atoms. The van der Waals surface area contributed by atoms with Crippen LogP contribution in [0, 0.1) is 0 Å². The molecule has 1 aromatic carbocycles. The van der Waals surface area contributed by atoms with Crippen molar-refractivity contribution in [3.8, 4) is 5.75 Å². The monoisotopic (exact) mass is 339 g/mol. The zero-order valence-electron chi connectivity index (χ0n) is 14.2. The van der Waals surface area contributed by atoms with E-state index in [4.69, 9.17) is 4.74 Å². The third-order valence-electron chi connectivity index (χ3n) is 4.16. The Labute approximate surface area is 147 Å². The lowest BCUT2D eigenvalue weighted by Gasteiger charge is -2.35. The number of pyridine rings is 1. The number of hydrogen-bond acceptors (Lipinski definition) is 5. The van der Waals surface area contributed by atoms with Gasteiger partial charge >= 0.3 is 5.97 Å². The van der Waals surface area contributed by atoms with E-state index >= 15 is 0 Å². The molecule has 1 saturated heterocycles. The van der Waals surface area contributed by atoms with Crippen molar-refractivity contribution in [1.82, 2.24) is 9.88 Å². The number of benzene rings is 1. The molecular formula is C19H21N3O3. The Morgan fingerprint density at radius 3 is 2.36 bits per heavy atom. The number of nitrogens with zero attached hydrogens (tertiary/aromatic N) is 3. The zero-order valence-corrected chi connectivity index (χ0v) is 14.2. The Morgan fingerprint density at radius 2 is 1.76 bits per heavy atom. The van der Waals surface area contributed by atoms with Gasteiger partial charge in [-0.2, -0.15) is 0 Å². The summed E-state index contributed by atoms with van der Waals surface area (Å²) in [6.07, 6.45) is 2.10. The van der Waals surface area contributed by atoms with Crippen LogP contribution in [0.25, 0.3) is 0 Å². The molecule has 2 heterocycles. The molecule has 0 spiro atoms. The SMILES string of the molecule is CCC(=O)Oc1ccc(C(=O)N2CCN(c3ccccn3)CC2)cc1. The number of carbonyl (C=O) groups excluding carboxylic acids is 2. The van der Waals surface area contributed by atoms with Crippen LogP contribution in [0.1, 0.15) is 23.7 Å². The van der Waals surface area contributed by atoms with Crippen molar-refractivity contribution in [2.45, 2.75) is 13.3 Å². The zero-order chi connectivity index (χ0) is 17.6. The van der Waals surface area contributed by atoms with E-state index in [0.717, 1.165) is 18.9 Å². The summed E-state index contributed by atoms with van der Waals surface area (Å²) in [6, 6.07) is 12.6. The Balaban J connectivity index is 1.58. The van der Waals surface area contributed by atoms with Crippen LogP contribution in [-0.2, 0) is 4.79 Å². The summed E-state index contributed by atoms with van der Waals surface area (Å²) in [6.45, 7) is 4.57. The van der Waals surface area contributed by atoms with Gasteiger partial charge in [-0.3, -0.25) is 9.59 Å². The van der Waals surface area contributed by atoms with Gasteiger partial charge in [-0.25, -0.2) is 4.98 Å². The van der Waals surface area contributed by atoms with Crippen LogP contribution in [0.4, 0.5) is 5.82 Å². The normalized spacial score (nSPS) is 14.3. The minimum atomic E-state index is -0.287. The Kier molecular flexibility index (Phi) is 5.28. The predicted octanol–water partition coefficient (Wildman–Crippen LogP) is 2.36. The van der Waals surface area contributed by atoms with Gasteiger partial charge in [-0.1, -0.05) is 13.0 Å². The Bertz CT molecular complexity index is 723. The van der Waals surface area contributed by atoms with Gasteiger partial charge < -0.3 is 14.5 Å². The molecular weight excluding hydrogens is 318 g/mol. The molecule has 0 bridgehead atoms. The number of esters is 1. The van der Waals surface area contributed by atoms with E-state index in [-0.39, 0.29) is 11.9 Å². The smallest absolute Gasteiger partial charge is 0.310 e. The standard InChI is InChI=1S/C19H21N3O3/c1-2-18(23)25-16-8-6-15(7-9-16)19(24)22-13-11-21(12-14-22)17-5-3-4-10-20-17/h3-10H,2,11-14H2,1H3. The summed E-state index contributed by atoms with van der Waals surface area (Å²) in [5, 5.41) is 0. The fourth-order valence-electron chi connectivity index (χ4n) is 2.73. The van der Waals surface area contributed by atoms with Gasteiger partial charge in [-0.15, -0.1) is 0 Å². The van der Waals surface area contributed by atoms with Gasteiger partial charge in [0.05, 0.1) is 0 Å². The maximum absolute atomic E-state index is 12.6. The van der Waals surface area contributed by atoms with Crippen LogP contribution >= 0.6 is 0 Å². The quantitative estimate of drug-likeness (QED) is 0.632. The third kappa shape index (κ3) is 4.15. The first-order valence-electron chi connectivity index (χ1n) is 8.43. The van der Waals surface area contributed by atoms with E-state index in [0.29, 0.717) is 30.8 Å². The van der Waals surface area contributed by atoms with Crippen molar-refractivity contribution in [3.63, 3.8) is 0 Å². The maximum Gasteiger partial charge on any atom is 0.310 e. The molecule has 0 aliphatic carbocycles. The lowest BCUT2D eigenvalue weighted by molar-refractivity contribution is -0.134. The molecule has 130 valence electrons. The predicted molar refractivity (Wildman–Crippen MR) is 94.7 cm³/mol. The fourth-order valence-corrected chi connectivity index (χ4v) is 2.73. The molecule has 3 rings (SSSR count). The number of amides is 1. The summed E-state index contributed by atoms with van der Waals surface area (Å²) >= 11 is 0. The van der Waals surface area contributed by atoms with Crippen LogP contribution < -0.4 is 9.64 Å². The fraction of sp³-hybridized carbons (Fsp3) is 0.316. The molecule has 6 nitrogen and oxygen atoms in total. The molecule has 0 N–H and O–H groups in total. The molecule has 1 aliphatic heterocycles. The minimum absolute atomic E-state index is 0.00552. The number of hydrogen-bond donors (Lipinski definition) is 0. The first kappa shape index (κ1) is 17.0. The van der Waals surface area contributed by atoms with Gasteiger partial charge in [0.1, 0.15) is 11.6 Å². The summed E-state index contributed by atoms with van der Waals surface area (Å²) in [5.74, 6) is 1.11. The van der Waals surface area contributed by atoms with Crippen LogP contribution in [0.5, 0.6) is 5.75 Å². The van der Waals surface area contributed by atoms with E-state index < -0.39 is 0 Å². The van der Waals surface area contributed by atoms with Crippen LogP contribution in [-0.4, -0.2) is 47.9 Å². The van der Waals surface area contributed by atoms with Crippen molar-refractivity contribution < 1.29 is 14.3 Å². The number of carbonyl (C=O) groups is 2. The number of rotatable bonds is 4. The highest BCUT2D eigenvalue weighted by atomic mass is 16.5. The van der Waals surface area contributed by atoms with Gasteiger partial charge in [0.2, 0.25) is 0 Å². The van der Waals surface area contributed by atoms with Gasteiger partial charge in [0, 0.05) is 44.4 Å². The highest BCUT2D eigenvalue weighted by Gasteiger charge is 2.22.